The number of hydrogen-bond acceptors (Lipinski definition) is 2. The molecule has 1 aromatic heterocycles. The van der Waals surface area contributed by atoms with Gasteiger partial charge in [0.2, 0.25) is 6.29 Å². The Hall–Kier alpha value is -1.33. The molecule has 1 heterocycles. The summed E-state index contributed by atoms with van der Waals surface area (Å²) in [4.78, 5) is 10.5. The van der Waals surface area contributed by atoms with Gasteiger partial charge in [-0.25, -0.2) is 0 Å². The molecule has 0 aromatic carbocycles. The van der Waals surface area contributed by atoms with Crippen molar-refractivity contribution in [2.45, 2.75) is 32.5 Å². The highest BCUT2D eigenvalue weighted by atomic mass is 19.4. The van der Waals surface area contributed by atoms with Crippen molar-refractivity contribution < 1.29 is 18.0 Å². The van der Waals surface area contributed by atoms with Crippen LogP contribution in [0.15, 0.2) is 6.07 Å². The van der Waals surface area contributed by atoms with Gasteiger partial charge >= 0.3 is 6.18 Å². The molecular weight excluding hydrogens is 209 g/mol. The van der Waals surface area contributed by atoms with E-state index in [-0.39, 0.29) is 0 Å². The number of nitrogens with zero attached hydrogens (tertiary/aromatic N) is 2. The van der Waals surface area contributed by atoms with Crippen LogP contribution in [0.1, 0.15) is 30.8 Å². The van der Waals surface area contributed by atoms with Crippen LogP contribution in [0.4, 0.5) is 13.2 Å². The number of aryl methyl sites for hydroxylation is 1. The van der Waals surface area contributed by atoms with Gasteiger partial charge in [0.05, 0.1) is 0 Å². The summed E-state index contributed by atoms with van der Waals surface area (Å²) in [6.07, 6.45) is -2.45. The van der Waals surface area contributed by atoms with Gasteiger partial charge in [-0.3, -0.25) is 9.48 Å². The lowest BCUT2D eigenvalue weighted by molar-refractivity contribution is -0.141. The predicted octanol–water partition coefficient (Wildman–Crippen LogP) is 2.27. The first-order valence-corrected chi connectivity index (χ1v) is 4.41. The molecule has 0 aliphatic heterocycles. The van der Waals surface area contributed by atoms with Crippen LogP contribution in [0.5, 0.6) is 0 Å². The number of halogens is 3. The molecule has 6 heteroatoms. The molecule has 0 aliphatic rings. The summed E-state index contributed by atoms with van der Waals surface area (Å²) in [7, 11) is 0. The van der Waals surface area contributed by atoms with Crippen molar-refractivity contribution >= 4 is 6.29 Å². The zero-order valence-corrected chi connectivity index (χ0v) is 8.30. The predicted molar refractivity (Wildman–Crippen MR) is 47.0 cm³/mol. The molecule has 1 unspecified atom stereocenters. The number of carbonyl (C=O) groups excluding carboxylic acids is 1. The average Bonchev–Trinajstić information content (AvgIpc) is 2.50. The highest BCUT2D eigenvalue weighted by Gasteiger charge is 2.35. The molecule has 0 saturated carbocycles. The number of alkyl halides is 3. The molecule has 1 rings (SSSR count). The molecule has 0 spiro atoms. The summed E-state index contributed by atoms with van der Waals surface area (Å²) in [6, 6.07) is 0.168. The van der Waals surface area contributed by atoms with Gasteiger partial charge in [0.1, 0.15) is 6.04 Å². The molecule has 0 N–H and O–H groups in total. The quantitative estimate of drug-likeness (QED) is 0.781. The van der Waals surface area contributed by atoms with Crippen LogP contribution in [0.25, 0.3) is 0 Å². The maximum atomic E-state index is 12.3. The maximum absolute atomic E-state index is 12.3. The Morgan fingerprint density at radius 3 is 2.53 bits per heavy atom. The molecule has 1 radical (unpaired) electrons. The second kappa shape index (κ2) is 4.04. The molecule has 1 atom stereocenters. The summed E-state index contributed by atoms with van der Waals surface area (Å²) in [5.41, 5.74) is -0.675. The van der Waals surface area contributed by atoms with Gasteiger partial charge in [-0.05, 0) is 19.4 Å². The fourth-order valence-corrected chi connectivity index (χ4v) is 1.25. The van der Waals surface area contributed by atoms with Crippen LogP contribution in [-0.2, 0) is 11.0 Å². The van der Waals surface area contributed by atoms with E-state index in [1.807, 2.05) is 0 Å². The van der Waals surface area contributed by atoms with E-state index in [4.69, 9.17) is 0 Å². The van der Waals surface area contributed by atoms with E-state index in [0.29, 0.717) is 12.1 Å². The third kappa shape index (κ3) is 2.37. The van der Waals surface area contributed by atoms with Gasteiger partial charge in [0.15, 0.2) is 5.69 Å². The van der Waals surface area contributed by atoms with Crippen molar-refractivity contribution in [1.29, 1.82) is 0 Å². The van der Waals surface area contributed by atoms with Crippen molar-refractivity contribution in [3.05, 3.63) is 17.5 Å². The molecule has 1 aromatic rings. The van der Waals surface area contributed by atoms with E-state index >= 15 is 0 Å². The fraction of sp³-hybridized carbons (Fsp3) is 0.556. The summed E-state index contributed by atoms with van der Waals surface area (Å²) in [6.45, 7) is 3.16. The van der Waals surface area contributed by atoms with E-state index in [1.165, 1.54) is 6.92 Å². The van der Waals surface area contributed by atoms with E-state index in [9.17, 15) is 18.0 Å². The van der Waals surface area contributed by atoms with E-state index in [2.05, 4.69) is 5.10 Å². The monoisotopic (exact) mass is 219 g/mol. The topological polar surface area (TPSA) is 34.9 Å². The molecule has 0 bridgehead atoms. The zero-order chi connectivity index (χ0) is 11.6. The fourth-order valence-electron chi connectivity index (χ4n) is 1.25. The molecule has 0 fully saturated rings. The standard InChI is InChI=1S/C9H10F3N2O/c1-3-7(5-15)14-6(2)4-8(13-14)9(10,11)12/h4,7H,3H2,1-2H3. The minimum atomic E-state index is -4.48. The minimum absolute atomic E-state index is 0.303. The smallest absolute Gasteiger partial charge is 0.288 e. The first kappa shape index (κ1) is 11.7. The molecule has 3 nitrogen and oxygen atoms in total. The van der Waals surface area contributed by atoms with Gasteiger partial charge in [-0.15, -0.1) is 0 Å². The normalized spacial score (nSPS) is 13.9. The Bertz CT molecular complexity index is 357. The summed E-state index contributed by atoms with van der Waals surface area (Å²) < 4.78 is 37.9. The van der Waals surface area contributed by atoms with Gasteiger partial charge in [-0.1, -0.05) is 6.92 Å². The second-order valence-corrected chi connectivity index (χ2v) is 3.16. The Morgan fingerprint density at radius 1 is 1.60 bits per heavy atom. The Morgan fingerprint density at radius 2 is 2.20 bits per heavy atom. The first-order chi connectivity index (χ1) is 6.90. The number of aromatic nitrogens is 2. The minimum Gasteiger partial charge on any atom is -0.288 e. The molecule has 15 heavy (non-hydrogen) atoms. The molecular formula is C9H10F3N2O. The SMILES string of the molecule is CCC([C]=O)n1nc(C(F)(F)F)cc1C. The largest absolute Gasteiger partial charge is 0.435 e. The van der Waals surface area contributed by atoms with Crippen molar-refractivity contribution in [1.82, 2.24) is 9.78 Å². The lowest BCUT2D eigenvalue weighted by Crippen LogP contribution is -2.14. The summed E-state index contributed by atoms with van der Waals surface area (Å²) in [5.74, 6) is 0. The van der Waals surface area contributed by atoms with Crippen LogP contribution in [-0.4, -0.2) is 16.1 Å². The molecule has 83 valence electrons. The summed E-state index contributed by atoms with van der Waals surface area (Å²) in [5, 5.41) is 3.35. The maximum Gasteiger partial charge on any atom is 0.435 e. The first-order valence-electron chi connectivity index (χ1n) is 4.41. The van der Waals surface area contributed by atoms with E-state index < -0.39 is 17.9 Å². The van der Waals surface area contributed by atoms with Gasteiger partial charge in [-0.2, -0.15) is 18.3 Å². The van der Waals surface area contributed by atoms with Gasteiger partial charge in [0, 0.05) is 5.69 Å². The Balaban J connectivity index is 3.11. The molecule has 0 saturated heterocycles. The zero-order valence-electron chi connectivity index (χ0n) is 8.30. The van der Waals surface area contributed by atoms with E-state index in [1.54, 1.807) is 13.2 Å². The Labute approximate surface area is 84.9 Å². The highest BCUT2D eigenvalue weighted by Crippen LogP contribution is 2.29. The lowest BCUT2D eigenvalue weighted by Gasteiger charge is -2.09. The van der Waals surface area contributed by atoms with Gasteiger partial charge < -0.3 is 0 Å². The van der Waals surface area contributed by atoms with Crippen LogP contribution < -0.4 is 0 Å². The van der Waals surface area contributed by atoms with Crippen LogP contribution in [0.2, 0.25) is 0 Å². The van der Waals surface area contributed by atoms with Crippen molar-refractivity contribution in [2.24, 2.45) is 0 Å². The van der Waals surface area contributed by atoms with Crippen molar-refractivity contribution in [3.8, 4) is 0 Å². The Kier molecular flexibility index (Phi) is 3.16. The van der Waals surface area contributed by atoms with Crippen molar-refractivity contribution in [3.63, 3.8) is 0 Å². The third-order valence-corrected chi connectivity index (χ3v) is 2.03. The highest BCUT2D eigenvalue weighted by molar-refractivity contribution is 5.56. The molecule has 0 aliphatic carbocycles. The summed E-state index contributed by atoms with van der Waals surface area (Å²) >= 11 is 0. The second-order valence-electron chi connectivity index (χ2n) is 3.16. The van der Waals surface area contributed by atoms with Crippen molar-refractivity contribution in [2.75, 3.05) is 0 Å². The van der Waals surface area contributed by atoms with Crippen LogP contribution >= 0.6 is 0 Å². The number of hydrogen-bond donors (Lipinski definition) is 0. The average molecular weight is 219 g/mol. The third-order valence-electron chi connectivity index (χ3n) is 2.03. The number of rotatable bonds is 3. The van der Waals surface area contributed by atoms with E-state index in [0.717, 1.165) is 10.7 Å². The molecule has 0 amide bonds. The lowest BCUT2D eigenvalue weighted by atomic mass is 10.2. The van der Waals surface area contributed by atoms with Gasteiger partial charge in [0.25, 0.3) is 0 Å². The van der Waals surface area contributed by atoms with Crippen LogP contribution in [0, 0.1) is 6.92 Å². The van der Waals surface area contributed by atoms with Crippen LogP contribution in [0.3, 0.4) is 0 Å².